The van der Waals surface area contributed by atoms with Gasteiger partial charge in [-0.15, -0.1) is 0 Å². The van der Waals surface area contributed by atoms with Crippen LogP contribution in [0.15, 0.2) is 54.6 Å². The van der Waals surface area contributed by atoms with Crippen molar-refractivity contribution in [2.45, 2.75) is 5.54 Å². The van der Waals surface area contributed by atoms with Crippen molar-refractivity contribution in [1.82, 2.24) is 0 Å². The molecule has 0 aliphatic carbocycles. The van der Waals surface area contributed by atoms with Crippen molar-refractivity contribution in [1.29, 1.82) is 0 Å². The van der Waals surface area contributed by atoms with E-state index in [1.165, 1.54) is 0 Å². The van der Waals surface area contributed by atoms with Gasteiger partial charge in [-0.2, -0.15) is 0 Å². The molecular formula is C14H12ClNO2. The molecule has 0 unspecified atom stereocenters. The molecular weight excluding hydrogens is 250 g/mol. The Balaban J connectivity index is 2.58. The van der Waals surface area contributed by atoms with Crippen LogP contribution in [0.5, 0.6) is 0 Å². The molecule has 0 saturated carbocycles. The minimum absolute atomic E-state index is 0.491. The van der Waals surface area contributed by atoms with Gasteiger partial charge in [0.05, 0.1) is 0 Å². The largest absolute Gasteiger partial charge is 0.479 e. The summed E-state index contributed by atoms with van der Waals surface area (Å²) in [7, 11) is 0. The fraction of sp³-hybridized carbons (Fsp3) is 0.0714. The lowest BCUT2D eigenvalue weighted by atomic mass is 9.84. The number of hydrogen-bond donors (Lipinski definition) is 2. The van der Waals surface area contributed by atoms with Crippen molar-refractivity contribution >= 4 is 17.6 Å². The van der Waals surface area contributed by atoms with Gasteiger partial charge < -0.3 is 10.8 Å². The molecule has 2 aromatic rings. The highest BCUT2D eigenvalue weighted by Gasteiger charge is 2.37. The molecule has 2 rings (SSSR count). The van der Waals surface area contributed by atoms with Gasteiger partial charge in [-0.1, -0.05) is 54.1 Å². The lowest BCUT2D eigenvalue weighted by Crippen LogP contribution is -2.45. The molecule has 2 aromatic carbocycles. The van der Waals surface area contributed by atoms with Crippen LogP contribution in [0.1, 0.15) is 11.1 Å². The van der Waals surface area contributed by atoms with Crippen molar-refractivity contribution in [3.05, 3.63) is 70.7 Å². The zero-order valence-electron chi connectivity index (χ0n) is 9.51. The number of benzene rings is 2. The topological polar surface area (TPSA) is 63.3 Å². The van der Waals surface area contributed by atoms with Crippen molar-refractivity contribution in [2.75, 3.05) is 0 Å². The number of carboxylic acid groups (broad SMARTS) is 1. The first kappa shape index (κ1) is 12.6. The summed E-state index contributed by atoms with van der Waals surface area (Å²) in [6, 6.07) is 15.2. The Hall–Kier alpha value is -1.84. The van der Waals surface area contributed by atoms with E-state index >= 15 is 0 Å². The van der Waals surface area contributed by atoms with Gasteiger partial charge in [-0.25, -0.2) is 4.79 Å². The SMILES string of the molecule is N[C@](C(=O)O)(c1ccccc1)c1ccc(Cl)cc1. The standard InChI is InChI=1S/C14H12ClNO2/c15-12-8-6-11(7-9-12)14(16,13(17)18)10-4-2-1-3-5-10/h1-9H,16H2,(H,17,18)/t14-/m1/s1. The van der Waals surface area contributed by atoms with E-state index in [9.17, 15) is 9.90 Å². The third kappa shape index (κ3) is 2.10. The number of nitrogens with two attached hydrogens (primary N) is 1. The van der Waals surface area contributed by atoms with Gasteiger partial charge in [0.1, 0.15) is 0 Å². The molecule has 0 radical (unpaired) electrons. The lowest BCUT2D eigenvalue weighted by Gasteiger charge is -2.25. The number of hydrogen-bond acceptors (Lipinski definition) is 2. The number of carbonyl (C=O) groups is 1. The first-order valence-electron chi connectivity index (χ1n) is 5.39. The van der Waals surface area contributed by atoms with Crippen molar-refractivity contribution < 1.29 is 9.90 Å². The summed E-state index contributed by atoms with van der Waals surface area (Å²) in [5.74, 6) is -1.10. The van der Waals surface area contributed by atoms with Crippen LogP contribution in [-0.2, 0) is 10.3 Å². The maximum Gasteiger partial charge on any atom is 0.333 e. The maximum atomic E-state index is 11.5. The maximum absolute atomic E-state index is 11.5. The normalized spacial score (nSPS) is 13.9. The third-order valence-electron chi connectivity index (χ3n) is 2.87. The second-order valence-electron chi connectivity index (χ2n) is 3.99. The van der Waals surface area contributed by atoms with Crippen LogP contribution in [0.25, 0.3) is 0 Å². The molecule has 92 valence electrons. The molecule has 3 nitrogen and oxygen atoms in total. The number of rotatable bonds is 3. The monoisotopic (exact) mass is 261 g/mol. The molecule has 0 aliphatic heterocycles. The van der Waals surface area contributed by atoms with Gasteiger partial charge in [-0.3, -0.25) is 0 Å². The Morgan fingerprint density at radius 1 is 1.00 bits per heavy atom. The predicted molar refractivity (Wildman–Crippen MR) is 70.5 cm³/mol. The molecule has 0 heterocycles. The van der Waals surface area contributed by atoms with Crippen LogP contribution >= 0.6 is 11.6 Å². The van der Waals surface area contributed by atoms with Crippen LogP contribution < -0.4 is 5.73 Å². The lowest BCUT2D eigenvalue weighted by molar-refractivity contribution is -0.142. The molecule has 0 saturated heterocycles. The van der Waals surface area contributed by atoms with E-state index in [0.29, 0.717) is 16.1 Å². The fourth-order valence-corrected chi connectivity index (χ4v) is 1.95. The molecule has 0 fully saturated rings. The molecule has 0 bridgehead atoms. The van der Waals surface area contributed by atoms with E-state index in [0.717, 1.165) is 0 Å². The molecule has 3 N–H and O–H groups in total. The minimum atomic E-state index is -1.56. The average Bonchev–Trinajstić information content (AvgIpc) is 2.39. The Bertz CT molecular complexity index is 554. The van der Waals surface area contributed by atoms with Crippen LogP contribution in [0, 0.1) is 0 Å². The number of aliphatic carboxylic acids is 1. The van der Waals surface area contributed by atoms with Gasteiger partial charge in [-0.05, 0) is 23.3 Å². The molecule has 1 atom stereocenters. The van der Waals surface area contributed by atoms with Crippen molar-refractivity contribution in [3.8, 4) is 0 Å². The summed E-state index contributed by atoms with van der Waals surface area (Å²) >= 11 is 5.80. The molecule has 0 amide bonds. The first-order chi connectivity index (χ1) is 8.55. The average molecular weight is 262 g/mol. The van der Waals surface area contributed by atoms with Gasteiger partial charge in [0.25, 0.3) is 0 Å². The van der Waals surface area contributed by atoms with Crippen LogP contribution in [0.2, 0.25) is 5.02 Å². The van der Waals surface area contributed by atoms with Gasteiger partial charge in [0.2, 0.25) is 0 Å². The summed E-state index contributed by atoms with van der Waals surface area (Å²) in [5, 5.41) is 9.99. The first-order valence-corrected chi connectivity index (χ1v) is 5.77. The molecule has 4 heteroatoms. The Kier molecular flexibility index (Phi) is 3.36. The Labute approximate surface area is 110 Å². The summed E-state index contributed by atoms with van der Waals surface area (Å²) < 4.78 is 0. The van der Waals surface area contributed by atoms with Gasteiger partial charge in [0, 0.05) is 5.02 Å². The predicted octanol–water partition coefficient (Wildman–Crippen LogP) is 2.63. The quantitative estimate of drug-likeness (QED) is 0.893. The summed E-state index contributed by atoms with van der Waals surface area (Å²) in [4.78, 5) is 11.5. The Morgan fingerprint density at radius 2 is 1.50 bits per heavy atom. The van der Waals surface area contributed by atoms with Crippen molar-refractivity contribution in [3.63, 3.8) is 0 Å². The van der Waals surface area contributed by atoms with Gasteiger partial charge in [0.15, 0.2) is 5.54 Å². The summed E-state index contributed by atoms with van der Waals surface area (Å²) in [6.07, 6.45) is 0. The van der Waals surface area contributed by atoms with E-state index in [-0.39, 0.29) is 0 Å². The molecule has 18 heavy (non-hydrogen) atoms. The second kappa shape index (κ2) is 4.80. The van der Waals surface area contributed by atoms with E-state index in [2.05, 4.69) is 0 Å². The minimum Gasteiger partial charge on any atom is -0.479 e. The second-order valence-corrected chi connectivity index (χ2v) is 4.42. The van der Waals surface area contributed by atoms with Crippen LogP contribution in [0.3, 0.4) is 0 Å². The van der Waals surface area contributed by atoms with Crippen LogP contribution in [0.4, 0.5) is 0 Å². The molecule has 0 aromatic heterocycles. The van der Waals surface area contributed by atoms with E-state index in [4.69, 9.17) is 17.3 Å². The molecule has 0 aliphatic rings. The zero-order valence-corrected chi connectivity index (χ0v) is 10.3. The summed E-state index contributed by atoms with van der Waals surface area (Å²) in [5.41, 5.74) is 5.55. The Morgan fingerprint density at radius 3 is 2.00 bits per heavy atom. The molecule has 0 spiro atoms. The van der Waals surface area contributed by atoms with Crippen molar-refractivity contribution in [2.24, 2.45) is 5.73 Å². The highest BCUT2D eigenvalue weighted by molar-refractivity contribution is 6.30. The van der Waals surface area contributed by atoms with Crippen LogP contribution in [-0.4, -0.2) is 11.1 Å². The van der Waals surface area contributed by atoms with Gasteiger partial charge >= 0.3 is 5.97 Å². The fourth-order valence-electron chi connectivity index (χ4n) is 1.83. The highest BCUT2D eigenvalue weighted by atomic mass is 35.5. The zero-order chi connectivity index (χ0) is 13.2. The highest BCUT2D eigenvalue weighted by Crippen LogP contribution is 2.28. The number of carboxylic acids is 1. The van der Waals surface area contributed by atoms with E-state index in [1.54, 1.807) is 48.5 Å². The smallest absolute Gasteiger partial charge is 0.333 e. The summed E-state index contributed by atoms with van der Waals surface area (Å²) in [6.45, 7) is 0. The third-order valence-corrected chi connectivity index (χ3v) is 3.12. The van der Waals surface area contributed by atoms with E-state index in [1.807, 2.05) is 6.07 Å². The van der Waals surface area contributed by atoms with E-state index < -0.39 is 11.5 Å². The number of halogens is 1.